The molecule has 0 bridgehead atoms. The number of nitrogens with zero attached hydrogens (tertiary/aromatic N) is 1. The third-order valence-electron chi connectivity index (χ3n) is 2.70. The molecule has 1 heterocycles. The summed E-state index contributed by atoms with van der Waals surface area (Å²) >= 11 is 0. The van der Waals surface area contributed by atoms with Crippen LogP contribution in [0, 0.1) is 12.3 Å². The number of pyridine rings is 1. The Morgan fingerprint density at radius 2 is 2.36 bits per heavy atom. The molecule has 2 heteroatoms. The number of hydrogen-bond donors (Lipinski definition) is 1. The van der Waals surface area contributed by atoms with E-state index in [4.69, 9.17) is 5.73 Å². The molecule has 1 aliphatic rings. The molecular formula is C12H15N2. The van der Waals surface area contributed by atoms with Crippen molar-refractivity contribution in [3.05, 3.63) is 43.0 Å². The Kier molecular flexibility index (Phi) is 2.53. The largest absolute Gasteiger partial charge is 0.384 e. The monoisotopic (exact) mass is 187 g/mol. The summed E-state index contributed by atoms with van der Waals surface area (Å²) in [7, 11) is 0. The summed E-state index contributed by atoms with van der Waals surface area (Å²) in [6.45, 7) is 3.74. The van der Waals surface area contributed by atoms with E-state index in [1.807, 2.05) is 24.3 Å². The van der Waals surface area contributed by atoms with E-state index in [2.05, 4.69) is 18.0 Å². The summed E-state index contributed by atoms with van der Waals surface area (Å²) < 4.78 is 0. The van der Waals surface area contributed by atoms with Crippen LogP contribution in [0.3, 0.4) is 0 Å². The number of anilines is 1. The number of hydrogen-bond acceptors (Lipinski definition) is 2. The van der Waals surface area contributed by atoms with Gasteiger partial charge in [-0.05, 0) is 37.3 Å². The Morgan fingerprint density at radius 3 is 3.00 bits per heavy atom. The predicted octanol–water partition coefficient (Wildman–Crippen LogP) is 2.55. The van der Waals surface area contributed by atoms with E-state index in [0.717, 1.165) is 12.1 Å². The van der Waals surface area contributed by atoms with Gasteiger partial charge in [-0.3, -0.25) is 0 Å². The highest BCUT2D eigenvalue weighted by molar-refractivity contribution is 5.32. The lowest BCUT2D eigenvalue weighted by Crippen LogP contribution is -2.23. The average molecular weight is 187 g/mol. The van der Waals surface area contributed by atoms with Crippen molar-refractivity contribution < 1.29 is 0 Å². The van der Waals surface area contributed by atoms with Crippen LogP contribution in [0.5, 0.6) is 0 Å². The first-order valence-electron chi connectivity index (χ1n) is 4.98. The molecular weight excluding hydrogens is 172 g/mol. The fourth-order valence-corrected chi connectivity index (χ4v) is 1.90. The van der Waals surface area contributed by atoms with E-state index in [1.54, 1.807) is 0 Å². The summed E-state index contributed by atoms with van der Waals surface area (Å²) in [6, 6.07) is 5.83. The highest BCUT2D eigenvalue weighted by Crippen LogP contribution is 2.41. The van der Waals surface area contributed by atoms with Gasteiger partial charge in [0, 0.05) is 11.6 Å². The first-order chi connectivity index (χ1) is 6.79. The van der Waals surface area contributed by atoms with E-state index >= 15 is 0 Å². The van der Waals surface area contributed by atoms with Crippen molar-refractivity contribution >= 4 is 5.82 Å². The van der Waals surface area contributed by atoms with Crippen molar-refractivity contribution in [1.29, 1.82) is 0 Å². The Hall–Kier alpha value is -1.31. The summed E-state index contributed by atoms with van der Waals surface area (Å²) in [4.78, 5) is 4.31. The molecule has 0 aromatic carbocycles. The molecule has 2 atom stereocenters. The molecule has 2 N–H and O–H groups in total. The molecule has 0 saturated heterocycles. The Bertz CT molecular complexity index is 327. The highest BCUT2D eigenvalue weighted by Gasteiger charge is 2.30. The minimum Gasteiger partial charge on any atom is -0.384 e. The molecule has 1 aromatic heterocycles. The van der Waals surface area contributed by atoms with Crippen molar-refractivity contribution in [3.8, 4) is 0 Å². The standard InChI is InChI=1S/C12H15N2/c1-2-4-9-7-10(8-9)11-5-3-6-12(13)14-11/h2-3,5-7,9-10H,1,4,8H2,(H2,13,14). The van der Waals surface area contributed by atoms with E-state index < -0.39 is 0 Å². The maximum absolute atomic E-state index is 5.63. The second-order valence-electron chi connectivity index (χ2n) is 3.81. The van der Waals surface area contributed by atoms with Gasteiger partial charge in [0.15, 0.2) is 0 Å². The first kappa shape index (κ1) is 9.25. The summed E-state index contributed by atoms with van der Waals surface area (Å²) in [5.41, 5.74) is 6.73. The molecule has 2 nitrogen and oxygen atoms in total. The predicted molar refractivity (Wildman–Crippen MR) is 58.6 cm³/mol. The molecule has 1 aliphatic carbocycles. The van der Waals surface area contributed by atoms with Crippen LogP contribution in [0.15, 0.2) is 30.9 Å². The van der Waals surface area contributed by atoms with E-state index in [0.29, 0.717) is 17.7 Å². The Labute approximate surface area is 84.9 Å². The fourth-order valence-electron chi connectivity index (χ4n) is 1.90. The second-order valence-corrected chi connectivity index (χ2v) is 3.81. The van der Waals surface area contributed by atoms with Gasteiger partial charge in [0.05, 0.1) is 0 Å². The molecule has 0 amide bonds. The van der Waals surface area contributed by atoms with Crippen molar-refractivity contribution in [2.75, 3.05) is 5.73 Å². The van der Waals surface area contributed by atoms with Gasteiger partial charge in [0.25, 0.3) is 0 Å². The van der Waals surface area contributed by atoms with Gasteiger partial charge in [0.2, 0.25) is 0 Å². The van der Waals surface area contributed by atoms with Gasteiger partial charge in [-0.2, -0.15) is 0 Å². The van der Waals surface area contributed by atoms with Crippen LogP contribution in [-0.4, -0.2) is 4.98 Å². The van der Waals surface area contributed by atoms with Gasteiger partial charge in [-0.1, -0.05) is 12.1 Å². The molecule has 0 spiro atoms. The van der Waals surface area contributed by atoms with E-state index in [-0.39, 0.29) is 0 Å². The van der Waals surface area contributed by atoms with Crippen molar-refractivity contribution in [2.24, 2.45) is 5.92 Å². The van der Waals surface area contributed by atoms with Crippen LogP contribution in [-0.2, 0) is 0 Å². The molecule has 2 unspecified atom stereocenters. The highest BCUT2D eigenvalue weighted by atomic mass is 14.8. The van der Waals surface area contributed by atoms with Gasteiger partial charge < -0.3 is 5.73 Å². The maximum atomic E-state index is 5.63. The van der Waals surface area contributed by atoms with Gasteiger partial charge >= 0.3 is 0 Å². The lowest BCUT2D eigenvalue weighted by Gasteiger charge is -2.33. The zero-order chi connectivity index (χ0) is 9.97. The lowest BCUT2D eigenvalue weighted by atomic mass is 9.71. The molecule has 14 heavy (non-hydrogen) atoms. The number of nitrogen functional groups attached to an aromatic ring is 1. The molecule has 1 radical (unpaired) electrons. The minimum absolute atomic E-state index is 0.503. The van der Waals surface area contributed by atoms with Crippen molar-refractivity contribution in [3.63, 3.8) is 0 Å². The zero-order valence-corrected chi connectivity index (χ0v) is 8.19. The van der Waals surface area contributed by atoms with Crippen LogP contribution in [0.4, 0.5) is 5.82 Å². The number of aromatic nitrogens is 1. The van der Waals surface area contributed by atoms with Crippen molar-refractivity contribution in [2.45, 2.75) is 18.8 Å². The summed E-state index contributed by atoms with van der Waals surface area (Å²) in [5.74, 6) is 1.81. The topological polar surface area (TPSA) is 38.9 Å². The average Bonchev–Trinajstić information content (AvgIpc) is 2.10. The minimum atomic E-state index is 0.503. The molecule has 1 fully saturated rings. The maximum Gasteiger partial charge on any atom is 0.123 e. The smallest absolute Gasteiger partial charge is 0.123 e. The quantitative estimate of drug-likeness (QED) is 0.738. The van der Waals surface area contributed by atoms with Gasteiger partial charge in [0.1, 0.15) is 5.82 Å². The fraction of sp³-hybridized carbons (Fsp3) is 0.333. The van der Waals surface area contributed by atoms with Crippen LogP contribution in [0.1, 0.15) is 24.5 Å². The normalized spacial score (nSPS) is 25.4. The SMILES string of the molecule is C=CCC1[CH]C(c2cccc(N)n2)C1. The molecule has 1 saturated carbocycles. The van der Waals surface area contributed by atoms with E-state index in [9.17, 15) is 0 Å². The van der Waals surface area contributed by atoms with E-state index in [1.165, 1.54) is 6.42 Å². The van der Waals surface area contributed by atoms with Crippen molar-refractivity contribution in [1.82, 2.24) is 4.98 Å². The molecule has 0 aliphatic heterocycles. The lowest BCUT2D eigenvalue weighted by molar-refractivity contribution is 0.376. The Balaban J connectivity index is 1.96. The molecule has 73 valence electrons. The number of rotatable bonds is 3. The first-order valence-corrected chi connectivity index (χ1v) is 4.98. The third kappa shape index (κ3) is 1.79. The van der Waals surface area contributed by atoms with Gasteiger partial charge in [-0.15, -0.1) is 6.58 Å². The van der Waals surface area contributed by atoms with Crippen LogP contribution in [0.25, 0.3) is 0 Å². The van der Waals surface area contributed by atoms with Crippen LogP contribution < -0.4 is 5.73 Å². The van der Waals surface area contributed by atoms with Crippen LogP contribution in [0.2, 0.25) is 0 Å². The number of allylic oxidation sites excluding steroid dienone is 1. The molecule has 2 rings (SSSR count). The van der Waals surface area contributed by atoms with Gasteiger partial charge in [-0.25, -0.2) is 4.98 Å². The second kappa shape index (κ2) is 3.82. The summed E-state index contributed by atoms with van der Waals surface area (Å²) in [6.07, 6.45) is 6.58. The summed E-state index contributed by atoms with van der Waals surface area (Å²) in [5, 5.41) is 0. The number of nitrogens with two attached hydrogens (primary N) is 1. The zero-order valence-electron chi connectivity index (χ0n) is 8.19. The Morgan fingerprint density at radius 1 is 1.57 bits per heavy atom. The third-order valence-corrected chi connectivity index (χ3v) is 2.70. The van der Waals surface area contributed by atoms with Crippen LogP contribution >= 0.6 is 0 Å². The molecule has 1 aromatic rings.